The molecule has 1 aliphatic rings. The minimum atomic E-state index is -0.0487. The number of anilines is 1. The van der Waals surface area contributed by atoms with E-state index in [9.17, 15) is 4.79 Å². The number of hydrogen-bond acceptors (Lipinski definition) is 3. The molecule has 3 N–H and O–H groups in total. The highest BCUT2D eigenvalue weighted by atomic mass is 35.5. The number of halogens is 1. The Labute approximate surface area is 118 Å². The Hall–Kier alpha value is -1.26. The number of rotatable bonds is 3. The summed E-state index contributed by atoms with van der Waals surface area (Å²) in [6.07, 6.45) is 3.68. The molecule has 1 amide bonds. The fourth-order valence-corrected chi connectivity index (χ4v) is 2.86. The average molecular weight is 283 g/mol. The second-order valence-corrected chi connectivity index (χ2v) is 5.37. The van der Waals surface area contributed by atoms with Crippen molar-refractivity contribution in [1.29, 1.82) is 0 Å². The Kier molecular flexibility index (Phi) is 4.66. The van der Waals surface area contributed by atoms with Gasteiger partial charge in [-0.1, -0.05) is 11.6 Å². The highest BCUT2D eigenvalue weighted by molar-refractivity contribution is 6.31. The molecule has 19 heavy (non-hydrogen) atoms. The first kappa shape index (κ1) is 14.2. The summed E-state index contributed by atoms with van der Waals surface area (Å²) in [7, 11) is 0. The number of hydrogen-bond donors (Lipinski definition) is 2. The van der Waals surface area contributed by atoms with Crippen LogP contribution < -0.4 is 5.73 Å². The first-order valence-electron chi connectivity index (χ1n) is 6.59. The first-order chi connectivity index (χ1) is 9.11. The average Bonchev–Trinajstić information content (AvgIpc) is 2.38. The summed E-state index contributed by atoms with van der Waals surface area (Å²) in [5.74, 6) is -0.0487. The summed E-state index contributed by atoms with van der Waals surface area (Å²) in [5, 5.41) is 9.57. The molecule has 0 saturated carbocycles. The van der Waals surface area contributed by atoms with Gasteiger partial charge in [-0.25, -0.2) is 0 Å². The Balaban J connectivity index is 2.20. The third-order valence-electron chi connectivity index (χ3n) is 3.52. The van der Waals surface area contributed by atoms with Crippen molar-refractivity contribution in [2.45, 2.75) is 31.7 Å². The van der Waals surface area contributed by atoms with Crippen molar-refractivity contribution >= 4 is 23.2 Å². The van der Waals surface area contributed by atoms with E-state index in [0.717, 1.165) is 25.8 Å². The third kappa shape index (κ3) is 3.39. The Morgan fingerprint density at radius 1 is 1.42 bits per heavy atom. The minimum absolute atomic E-state index is 0.0487. The summed E-state index contributed by atoms with van der Waals surface area (Å²) >= 11 is 5.94. The second-order valence-electron chi connectivity index (χ2n) is 4.93. The van der Waals surface area contributed by atoms with Crippen LogP contribution in [-0.4, -0.2) is 35.1 Å². The van der Waals surface area contributed by atoms with Crippen LogP contribution in [0.15, 0.2) is 18.2 Å². The van der Waals surface area contributed by atoms with Crippen LogP contribution in [-0.2, 0) is 0 Å². The number of carbonyl (C=O) groups excluding carboxylic acids is 1. The number of nitrogen functional groups attached to an aromatic ring is 1. The summed E-state index contributed by atoms with van der Waals surface area (Å²) in [6, 6.07) is 5.04. The van der Waals surface area contributed by atoms with Crippen molar-refractivity contribution in [3.05, 3.63) is 28.8 Å². The van der Waals surface area contributed by atoms with Crippen molar-refractivity contribution in [2.24, 2.45) is 0 Å². The maximum atomic E-state index is 12.5. The predicted molar refractivity (Wildman–Crippen MR) is 76.2 cm³/mol. The summed E-state index contributed by atoms with van der Waals surface area (Å²) in [5.41, 5.74) is 6.74. The molecule has 1 aliphatic heterocycles. The lowest BCUT2D eigenvalue weighted by Crippen LogP contribution is -2.44. The quantitative estimate of drug-likeness (QED) is 0.836. The van der Waals surface area contributed by atoms with Crippen LogP contribution in [0.4, 0.5) is 5.69 Å². The van der Waals surface area contributed by atoms with Gasteiger partial charge in [0.05, 0.1) is 0 Å². The normalized spacial score (nSPS) is 19.5. The lowest BCUT2D eigenvalue weighted by Gasteiger charge is -2.35. The van der Waals surface area contributed by atoms with E-state index in [1.165, 1.54) is 0 Å². The van der Waals surface area contributed by atoms with Gasteiger partial charge in [0.1, 0.15) is 0 Å². The van der Waals surface area contributed by atoms with Gasteiger partial charge in [-0.15, -0.1) is 0 Å². The Morgan fingerprint density at radius 3 is 2.89 bits per heavy atom. The maximum absolute atomic E-state index is 12.5. The number of likely N-dealkylation sites (tertiary alicyclic amines) is 1. The fourth-order valence-electron chi connectivity index (χ4n) is 2.62. The second kappa shape index (κ2) is 6.26. The third-order valence-corrected chi connectivity index (χ3v) is 3.74. The van der Waals surface area contributed by atoms with Crippen LogP contribution >= 0.6 is 11.6 Å². The number of piperidine rings is 1. The number of benzene rings is 1. The van der Waals surface area contributed by atoms with Crippen LogP contribution in [0.5, 0.6) is 0 Å². The van der Waals surface area contributed by atoms with Gasteiger partial charge in [0.15, 0.2) is 0 Å². The molecule has 0 bridgehead atoms. The van der Waals surface area contributed by atoms with E-state index < -0.39 is 0 Å². The van der Waals surface area contributed by atoms with Gasteiger partial charge in [0.2, 0.25) is 0 Å². The zero-order chi connectivity index (χ0) is 13.8. The number of aliphatic hydroxyl groups excluding tert-OH is 1. The van der Waals surface area contributed by atoms with Crippen molar-refractivity contribution in [3.63, 3.8) is 0 Å². The molecule has 0 radical (unpaired) electrons. The first-order valence-corrected chi connectivity index (χ1v) is 6.97. The van der Waals surface area contributed by atoms with Gasteiger partial charge in [0, 0.05) is 35.5 Å². The SMILES string of the molecule is Nc1cc(Cl)cc(C(=O)N2CCCCC2CCO)c1. The van der Waals surface area contributed by atoms with Crippen LogP contribution in [0, 0.1) is 0 Å². The van der Waals surface area contributed by atoms with E-state index in [1.807, 2.05) is 4.90 Å². The van der Waals surface area contributed by atoms with Crippen molar-refractivity contribution in [3.8, 4) is 0 Å². The number of aliphatic hydroxyl groups is 1. The van der Waals surface area contributed by atoms with Gasteiger partial charge in [-0.2, -0.15) is 0 Å². The lowest BCUT2D eigenvalue weighted by molar-refractivity contribution is 0.0574. The number of nitrogens with zero attached hydrogens (tertiary/aromatic N) is 1. The summed E-state index contributed by atoms with van der Waals surface area (Å²) < 4.78 is 0. The van der Waals surface area contributed by atoms with Gasteiger partial charge in [-0.3, -0.25) is 4.79 Å². The fraction of sp³-hybridized carbons (Fsp3) is 0.500. The van der Waals surface area contributed by atoms with Crippen molar-refractivity contribution < 1.29 is 9.90 Å². The van der Waals surface area contributed by atoms with Crippen molar-refractivity contribution in [2.75, 3.05) is 18.9 Å². The van der Waals surface area contributed by atoms with Crippen LogP contribution in [0.25, 0.3) is 0 Å². The molecule has 1 atom stereocenters. The standard InChI is InChI=1S/C14H19ClN2O2/c15-11-7-10(8-12(16)9-11)14(19)17-5-2-1-3-13(17)4-6-18/h7-9,13,18H,1-6,16H2. The molecular formula is C14H19ClN2O2. The van der Waals surface area contributed by atoms with E-state index in [2.05, 4.69) is 0 Å². The molecule has 0 aromatic heterocycles. The van der Waals surface area contributed by atoms with Gasteiger partial charge in [0.25, 0.3) is 5.91 Å². The molecule has 1 aromatic rings. The van der Waals surface area contributed by atoms with E-state index >= 15 is 0 Å². The molecule has 5 heteroatoms. The largest absolute Gasteiger partial charge is 0.399 e. The highest BCUT2D eigenvalue weighted by Crippen LogP contribution is 2.24. The minimum Gasteiger partial charge on any atom is -0.399 e. The molecule has 1 heterocycles. The van der Waals surface area contributed by atoms with Crippen LogP contribution in [0.3, 0.4) is 0 Å². The molecule has 0 spiro atoms. The highest BCUT2D eigenvalue weighted by Gasteiger charge is 2.27. The summed E-state index contributed by atoms with van der Waals surface area (Å²) in [6.45, 7) is 0.835. The van der Waals surface area contributed by atoms with Gasteiger partial charge < -0.3 is 15.7 Å². The molecule has 1 fully saturated rings. The van der Waals surface area contributed by atoms with E-state index in [4.69, 9.17) is 22.4 Å². The molecule has 1 saturated heterocycles. The van der Waals surface area contributed by atoms with E-state index in [-0.39, 0.29) is 18.6 Å². The monoisotopic (exact) mass is 282 g/mol. The van der Waals surface area contributed by atoms with E-state index in [0.29, 0.717) is 22.7 Å². The maximum Gasteiger partial charge on any atom is 0.254 e. The molecular weight excluding hydrogens is 264 g/mol. The lowest BCUT2D eigenvalue weighted by atomic mass is 9.98. The van der Waals surface area contributed by atoms with Crippen molar-refractivity contribution in [1.82, 2.24) is 4.90 Å². The molecule has 2 rings (SSSR count). The molecule has 4 nitrogen and oxygen atoms in total. The molecule has 0 aliphatic carbocycles. The summed E-state index contributed by atoms with van der Waals surface area (Å²) in [4.78, 5) is 14.4. The van der Waals surface area contributed by atoms with Gasteiger partial charge >= 0.3 is 0 Å². The number of carbonyl (C=O) groups is 1. The zero-order valence-corrected chi connectivity index (χ0v) is 11.6. The number of amides is 1. The Bertz CT molecular complexity index is 443. The molecule has 104 valence electrons. The molecule has 1 unspecified atom stereocenters. The number of nitrogens with two attached hydrogens (primary N) is 1. The zero-order valence-electron chi connectivity index (χ0n) is 10.8. The van der Waals surface area contributed by atoms with Crippen LogP contribution in [0.1, 0.15) is 36.0 Å². The van der Waals surface area contributed by atoms with Gasteiger partial charge in [-0.05, 0) is 43.9 Å². The topological polar surface area (TPSA) is 66.6 Å². The Morgan fingerprint density at radius 2 is 2.21 bits per heavy atom. The van der Waals surface area contributed by atoms with Crippen LogP contribution in [0.2, 0.25) is 5.02 Å². The molecule has 1 aromatic carbocycles. The predicted octanol–water partition coefficient (Wildman–Crippen LogP) is 2.30. The smallest absolute Gasteiger partial charge is 0.254 e. The van der Waals surface area contributed by atoms with E-state index in [1.54, 1.807) is 18.2 Å².